The molecule has 15 rings (SSSR count). The van der Waals surface area contributed by atoms with Crippen molar-refractivity contribution in [3.05, 3.63) is 174 Å². The average molecular weight is 993 g/mol. The molecule has 0 bridgehead atoms. The third-order valence-corrected chi connectivity index (χ3v) is 25.9. The van der Waals surface area contributed by atoms with E-state index >= 15 is 0 Å². The van der Waals surface area contributed by atoms with E-state index in [-0.39, 0.29) is 6.71 Å². The Morgan fingerprint density at radius 1 is 0.361 bits per heavy atom. The second-order valence-electron chi connectivity index (χ2n) is 26.2. The van der Waals surface area contributed by atoms with Crippen molar-refractivity contribution in [2.24, 2.45) is 0 Å². The van der Waals surface area contributed by atoms with Crippen LogP contribution in [-0.2, 0) is 5.41 Å². The molecule has 7 heteroatoms. The van der Waals surface area contributed by atoms with Gasteiger partial charge in [-0.15, -0.1) is 0 Å². The minimum atomic E-state index is -1.88. The van der Waals surface area contributed by atoms with Gasteiger partial charge in [-0.1, -0.05) is 233 Å². The Morgan fingerprint density at radius 3 is 1.49 bits per heavy atom. The maximum absolute atomic E-state index is 2.85. The van der Waals surface area contributed by atoms with Crippen molar-refractivity contribution >= 4 is 131 Å². The lowest BCUT2D eigenvalue weighted by atomic mass is 9.33. The highest BCUT2D eigenvalue weighted by Crippen LogP contribution is 2.62. The first-order valence-corrected chi connectivity index (χ1v) is 40.5. The molecule has 3 aliphatic heterocycles. The molecule has 11 aromatic rings. The molecule has 1 spiro atoms. The number of aromatic nitrogens is 2. The van der Waals surface area contributed by atoms with Crippen LogP contribution in [0, 0.1) is 0 Å². The van der Waals surface area contributed by atoms with Gasteiger partial charge in [0.1, 0.15) is 0 Å². The number of hydrogen-bond donors (Lipinski definition) is 0. The summed E-state index contributed by atoms with van der Waals surface area (Å²) in [5.41, 5.74) is 23.2. The third kappa shape index (κ3) is 5.35. The fourth-order valence-electron chi connectivity index (χ4n) is 14.2. The van der Waals surface area contributed by atoms with Crippen LogP contribution in [0.15, 0.2) is 152 Å². The van der Waals surface area contributed by atoms with Gasteiger partial charge in [0.15, 0.2) is 0 Å². The van der Waals surface area contributed by atoms with Crippen molar-refractivity contribution in [2.45, 2.75) is 84.0 Å². The van der Waals surface area contributed by atoms with Crippen LogP contribution in [-0.4, -0.2) is 48.1 Å². The van der Waals surface area contributed by atoms with Crippen LogP contribution in [0.4, 0.5) is 0 Å². The van der Waals surface area contributed by atoms with E-state index in [1.165, 1.54) is 137 Å². The zero-order chi connectivity index (χ0) is 49.5. The quantitative estimate of drug-likeness (QED) is 0.152. The van der Waals surface area contributed by atoms with E-state index in [2.05, 4.69) is 239 Å². The lowest BCUT2D eigenvalue weighted by molar-refractivity contribution is 0.750. The fraction of sp³-hybridized carbons (Fsp3) is 0.200. The summed E-state index contributed by atoms with van der Waals surface area (Å²) >= 11 is 0. The number of rotatable bonds is 5. The molecule has 5 heterocycles. The molecule has 0 N–H and O–H groups in total. The van der Waals surface area contributed by atoms with Gasteiger partial charge in [-0.3, -0.25) is 0 Å². The van der Waals surface area contributed by atoms with E-state index in [9.17, 15) is 0 Å². The molecule has 2 nitrogen and oxygen atoms in total. The summed E-state index contributed by atoms with van der Waals surface area (Å²) < 4.78 is 5.64. The molecular weight excluding hydrogens is 932 g/mol. The first kappa shape index (κ1) is 43.4. The molecule has 0 atom stereocenters. The van der Waals surface area contributed by atoms with Crippen LogP contribution in [0.25, 0.3) is 88.0 Å². The first-order chi connectivity index (χ1) is 34.2. The predicted molar refractivity (Wildman–Crippen MR) is 326 cm³/mol. The van der Waals surface area contributed by atoms with Crippen molar-refractivity contribution < 1.29 is 0 Å². The first-order valence-electron chi connectivity index (χ1n) is 26.5. The summed E-state index contributed by atoms with van der Waals surface area (Å²) in [4.78, 5) is 0. The largest absolute Gasteiger partial charge is 0.310 e. The summed E-state index contributed by atoms with van der Waals surface area (Å²) in [6, 6.07) is 61.8. The summed E-state index contributed by atoms with van der Waals surface area (Å²) in [5.74, 6) is 0. The second kappa shape index (κ2) is 13.7. The van der Waals surface area contributed by atoms with Crippen LogP contribution >= 0.6 is 0 Å². The highest BCUT2D eigenvalue weighted by Gasteiger charge is 2.55. The van der Waals surface area contributed by atoms with Gasteiger partial charge in [0.25, 0.3) is 6.71 Å². The monoisotopic (exact) mass is 992 g/mol. The number of nitrogens with zero attached hydrogens (tertiary/aromatic N) is 2. The van der Waals surface area contributed by atoms with Gasteiger partial charge >= 0.3 is 0 Å². The average Bonchev–Trinajstić information content (AvgIpc) is 3.97. The molecule has 72 heavy (non-hydrogen) atoms. The number of hydrogen-bond acceptors (Lipinski definition) is 0. The van der Waals surface area contributed by atoms with E-state index in [1.54, 1.807) is 10.4 Å². The minimum absolute atomic E-state index is 0.0267. The van der Waals surface area contributed by atoms with Crippen LogP contribution in [0.3, 0.4) is 0 Å². The van der Waals surface area contributed by atoms with Crippen molar-refractivity contribution in [1.82, 2.24) is 9.13 Å². The molecule has 1 aliphatic carbocycles. The van der Waals surface area contributed by atoms with Crippen molar-refractivity contribution in [3.63, 3.8) is 0 Å². The Labute approximate surface area is 428 Å². The number of fused-ring (bicyclic) bond motifs is 15. The highest BCUT2D eigenvalue weighted by molar-refractivity contribution is 7.02. The number of benzene rings is 9. The highest BCUT2D eigenvalue weighted by atomic mass is 28.3. The third-order valence-electron chi connectivity index (χ3n) is 17.8. The molecule has 0 saturated heterocycles. The van der Waals surface area contributed by atoms with E-state index < -0.39 is 37.7 Å². The van der Waals surface area contributed by atoms with Crippen LogP contribution in [0.1, 0.15) is 22.3 Å². The molecule has 2 aromatic heterocycles. The van der Waals surface area contributed by atoms with E-state index in [1.807, 2.05) is 0 Å². The summed E-state index contributed by atoms with van der Waals surface area (Å²) in [7, 11) is -7.28. The standard InChI is InChI=1S/C65H61BN2Si4/c1-69(2,3)41-27-28-58-48(30-41)49-32-43(71(7,8)9)35-56-61(49)67(58)63-47(40-26-25-38-19-13-14-20-39(38)29-40)37-55-64-59(63)66(56)57-36-44(72(10,11)12)33-51-50-31-42(70(4,5)6)34-54(60(50)68(64)62(51)57)65(55)52-23-17-15-21-45(52)46-22-16-18-24-53(46)65/h13-37H,1-12H3. The molecule has 0 fully saturated rings. The molecule has 0 amide bonds. The molecule has 0 radical (unpaired) electrons. The van der Waals surface area contributed by atoms with E-state index in [4.69, 9.17) is 0 Å². The fourth-order valence-corrected chi connectivity index (χ4v) is 18.8. The Morgan fingerprint density at radius 2 is 0.875 bits per heavy atom. The lowest BCUT2D eigenvalue weighted by Gasteiger charge is -2.45. The maximum Gasteiger partial charge on any atom is 0.252 e. The minimum Gasteiger partial charge on any atom is -0.310 e. The van der Waals surface area contributed by atoms with Crippen molar-refractivity contribution in [2.75, 3.05) is 0 Å². The van der Waals surface area contributed by atoms with Gasteiger partial charge in [0.2, 0.25) is 0 Å². The van der Waals surface area contributed by atoms with Crippen molar-refractivity contribution in [3.8, 4) is 33.6 Å². The second-order valence-corrected chi connectivity index (χ2v) is 46.5. The zero-order valence-electron chi connectivity index (χ0n) is 43.9. The molecule has 0 saturated carbocycles. The topological polar surface area (TPSA) is 9.86 Å². The molecule has 0 unspecified atom stereocenters. The smallest absolute Gasteiger partial charge is 0.252 e. The molecule has 4 aliphatic rings. The summed E-state index contributed by atoms with van der Waals surface area (Å²) in [6.45, 7) is 30.6. The molecular formula is C65H61BN2Si4. The Kier molecular flexibility index (Phi) is 8.24. The lowest BCUT2D eigenvalue weighted by Crippen LogP contribution is -2.62. The zero-order valence-corrected chi connectivity index (χ0v) is 47.9. The van der Waals surface area contributed by atoms with Gasteiger partial charge < -0.3 is 9.13 Å². The Balaban J connectivity index is 1.26. The predicted octanol–water partition coefficient (Wildman–Crippen LogP) is 12.7. The summed E-state index contributed by atoms with van der Waals surface area (Å²) in [6.07, 6.45) is 0. The van der Waals surface area contributed by atoms with E-state index in [0.29, 0.717) is 0 Å². The SMILES string of the molecule is C[Si](C)(C)c1ccc2c(c1)c1cc([Si](C)(C)C)cc3c1n2-c1c(-c2ccc4ccccc4c2)cc2c4c1B3c1cc([Si](C)(C)C)cc3c5cc([Si](C)(C)C)cc(c5n-4c13)C21c2ccccc2-c2ccccc21. The Bertz CT molecular complexity index is 4290. The van der Waals surface area contributed by atoms with Gasteiger partial charge in [0, 0.05) is 43.8 Å². The molecule has 9 aromatic carbocycles. The molecule has 350 valence electrons. The van der Waals surface area contributed by atoms with E-state index in [0.717, 1.165) is 0 Å². The van der Waals surface area contributed by atoms with Gasteiger partial charge in [-0.2, -0.15) is 0 Å². The summed E-state index contributed by atoms with van der Waals surface area (Å²) in [5, 5.41) is 14.4. The van der Waals surface area contributed by atoms with Crippen LogP contribution < -0.4 is 37.1 Å². The van der Waals surface area contributed by atoms with Crippen molar-refractivity contribution in [1.29, 1.82) is 0 Å². The van der Waals surface area contributed by atoms with Crippen LogP contribution in [0.2, 0.25) is 78.6 Å². The van der Waals surface area contributed by atoms with Crippen LogP contribution in [0.5, 0.6) is 0 Å². The van der Waals surface area contributed by atoms with Gasteiger partial charge in [0.05, 0.1) is 54.4 Å². The van der Waals surface area contributed by atoms with Gasteiger partial charge in [-0.05, 0) is 84.3 Å². The maximum atomic E-state index is 2.85. The normalized spacial score (nSPS) is 15.0. The Hall–Kier alpha value is -6.23. The van der Waals surface area contributed by atoms with Gasteiger partial charge in [-0.25, -0.2) is 0 Å².